The third kappa shape index (κ3) is 35.2. The number of halogens is 2. The number of benzene rings is 1. The summed E-state index contributed by atoms with van der Waals surface area (Å²) in [7, 11) is 1.71. The second-order valence-corrected chi connectivity index (χ2v) is 42.7. The molecule has 4 saturated carbocycles. The van der Waals surface area contributed by atoms with E-state index in [1.807, 2.05) is 55.4 Å². The van der Waals surface area contributed by atoms with Crippen LogP contribution in [-0.4, -0.2) is 165 Å². The summed E-state index contributed by atoms with van der Waals surface area (Å²) in [6.45, 7) is 50.9. The van der Waals surface area contributed by atoms with Gasteiger partial charge in [0.2, 0.25) is 11.4 Å². The molecule has 1 aromatic rings. The van der Waals surface area contributed by atoms with Gasteiger partial charge in [0.1, 0.15) is 35.0 Å². The lowest BCUT2D eigenvalue weighted by atomic mass is 9.64. The van der Waals surface area contributed by atoms with E-state index in [1.165, 1.54) is 219 Å². The molecule has 6 aliphatic heterocycles. The van der Waals surface area contributed by atoms with Crippen molar-refractivity contribution in [2.45, 2.75) is 415 Å². The van der Waals surface area contributed by atoms with Crippen molar-refractivity contribution < 1.29 is 73.4 Å². The first-order valence-electron chi connectivity index (χ1n) is 48.0. The summed E-state index contributed by atoms with van der Waals surface area (Å²) in [4.78, 5) is 97.9. The van der Waals surface area contributed by atoms with E-state index in [0.29, 0.717) is 61.4 Å². The van der Waals surface area contributed by atoms with Crippen molar-refractivity contribution in [3.63, 3.8) is 0 Å². The van der Waals surface area contributed by atoms with E-state index in [9.17, 15) is 59.2 Å². The molecule has 0 aromatic heterocycles. The highest BCUT2D eigenvalue weighted by molar-refractivity contribution is 7.99. The number of ether oxygens (including phenoxy) is 3. The molecule has 22 nitrogen and oxygen atoms in total. The maximum atomic E-state index is 12.2. The third-order valence-corrected chi connectivity index (χ3v) is 28.6. The number of rotatable bonds is 31. The minimum absolute atomic E-state index is 0.0399. The predicted molar refractivity (Wildman–Crippen MR) is 515 cm³/mol. The zero-order valence-corrected chi connectivity index (χ0v) is 83.9. The molecule has 129 heavy (non-hydrogen) atoms. The number of ketones is 7. The van der Waals surface area contributed by atoms with E-state index in [1.54, 1.807) is 35.1 Å². The molecule has 0 spiro atoms. The number of carbonyl (C=O) groups is 8. The molecule has 0 atom stereocenters. The molecular weight excluding hydrogens is 1690 g/mol. The smallest absolute Gasteiger partial charge is 0.306 e. The van der Waals surface area contributed by atoms with E-state index >= 15 is 0 Å². The summed E-state index contributed by atoms with van der Waals surface area (Å²) in [5.41, 5.74) is 0.710. The van der Waals surface area contributed by atoms with Gasteiger partial charge in [-0.05, 0) is 257 Å². The molecule has 4 N–H and O–H groups in total. The van der Waals surface area contributed by atoms with Gasteiger partial charge in [-0.1, -0.05) is 191 Å². The van der Waals surface area contributed by atoms with Gasteiger partial charge >= 0.3 is 5.97 Å². The highest BCUT2D eigenvalue weighted by Gasteiger charge is 2.52. The first kappa shape index (κ1) is 113. The molecule has 1 aromatic carbocycles. The van der Waals surface area contributed by atoms with Gasteiger partial charge in [-0.15, -0.1) is 0 Å². The molecule has 14 rings (SSSR count). The molecular formula is C104H157Cl2N7O15S. The minimum Gasteiger partial charge on any atom is -0.496 e. The largest absolute Gasteiger partial charge is 0.496 e. The van der Waals surface area contributed by atoms with E-state index in [-0.39, 0.29) is 74.6 Å². The zero-order valence-electron chi connectivity index (χ0n) is 81.6. The summed E-state index contributed by atoms with van der Waals surface area (Å²) in [6, 6.07) is 8.04. The van der Waals surface area contributed by atoms with Crippen molar-refractivity contribution in [3.05, 3.63) is 114 Å². The van der Waals surface area contributed by atoms with Crippen molar-refractivity contribution in [1.82, 2.24) is 20.3 Å². The van der Waals surface area contributed by atoms with Crippen molar-refractivity contribution in [3.8, 4) is 17.6 Å². The Morgan fingerprint density at radius 2 is 0.946 bits per heavy atom. The molecule has 0 unspecified atom stereocenters. The van der Waals surface area contributed by atoms with Crippen molar-refractivity contribution >= 4 is 92.6 Å². The number of nitriles is 1. The third-order valence-electron chi connectivity index (χ3n) is 26.7. The Morgan fingerprint density at radius 3 is 1.34 bits per heavy atom. The maximum Gasteiger partial charge on any atom is 0.306 e. The fraction of sp³-hybridized carbons (Fsp3) is 0.702. The number of piperidine rings is 6. The summed E-state index contributed by atoms with van der Waals surface area (Å²) < 4.78 is 16.9. The Balaban J connectivity index is 0.000000268. The van der Waals surface area contributed by atoms with Gasteiger partial charge in [0.05, 0.1) is 42.7 Å². The summed E-state index contributed by atoms with van der Waals surface area (Å²) in [6.07, 6.45) is 50.0. The lowest BCUT2D eigenvalue weighted by Crippen LogP contribution is -2.60. The van der Waals surface area contributed by atoms with Crippen molar-refractivity contribution in [2.75, 3.05) is 25.2 Å². The number of unbranched alkanes of at least 4 members (excludes halogenated alkanes) is 19. The fourth-order valence-corrected chi connectivity index (χ4v) is 21.2. The van der Waals surface area contributed by atoms with Crippen LogP contribution < -0.4 is 19.9 Å². The second kappa shape index (κ2) is 54.6. The minimum atomic E-state index is -0.878. The van der Waals surface area contributed by atoms with Gasteiger partial charge < -0.3 is 44.6 Å². The predicted octanol–water partition coefficient (Wildman–Crippen LogP) is 23.1. The van der Waals surface area contributed by atoms with Crippen LogP contribution in [0.3, 0.4) is 0 Å². The first-order chi connectivity index (χ1) is 60.8. The number of hydrogen-bond donors (Lipinski definition) is 4. The van der Waals surface area contributed by atoms with Crippen molar-refractivity contribution in [2.24, 2.45) is 29.1 Å². The number of nitrogens with zero attached hydrogens (tertiary/aromatic N) is 7. The lowest BCUT2D eigenvalue weighted by Gasteiger charge is -2.53. The highest BCUT2D eigenvalue weighted by Crippen LogP contribution is 2.53. The van der Waals surface area contributed by atoms with Crippen LogP contribution in [0.2, 0.25) is 0 Å². The highest BCUT2D eigenvalue weighted by atomic mass is 35.5. The molecule has 0 radical (unpaired) electrons. The zero-order chi connectivity index (χ0) is 96.3. The van der Waals surface area contributed by atoms with Gasteiger partial charge in [0, 0.05) is 93.6 Å². The normalized spacial score (nSPS) is 23.8. The molecule has 718 valence electrons. The number of allylic oxidation sites excluding steroid dienone is 10. The number of Topliss-reactive ketones (excluding diaryl/α,β-unsaturated/α-hetero) is 3. The number of hydrogen-bond acceptors (Lipinski definition) is 21. The molecule has 7 aliphatic carbocycles. The van der Waals surface area contributed by atoms with Crippen LogP contribution in [0.25, 0.3) is 20.8 Å². The van der Waals surface area contributed by atoms with E-state index in [0.717, 1.165) is 95.6 Å². The average Bonchev–Trinajstić information content (AvgIpc) is 1.45. The molecule has 10 fully saturated rings. The van der Waals surface area contributed by atoms with Gasteiger partial charge in [0.25, 0.3) is 0 Å². The Hall–Kier alpha value is -6.76. The Bertz CT molecular complexity index is 4290. The fourth-order valence-electron chi connectivity index (χ4n) is 20.0. The van der Waals surface area contributed by atoms with Crippen LogP contribution in [-0.2, 0) is 43.1 Å². The SMILES string of the molecule is CC(C)(C)C1=CC(=O)C=CC1=O.CC1(C)CCCC(C)(C)N1O.CCCCCCCCCCCCCC(=O)OC1CC(C)(C)N(O)C(C)(C)C1.CCCCCCCCCCCCSCC(=O)CC1=C(C#N)C(=O)C=CC1=O.CCOc1cc(=C(C)C)c(OC)cc1=C(C)C.ON1C2CC3CC(C2)CC1C3.ON1C2CC3CC1CC3C2.[C-]#[N+]C1=C([N+]#[C-])C(=O)C(Cl)=C(Cl)C1=O. The standard InChI is InChI=1S/C23H45NO3.C22H31NO3S.C15H22O2.C10H12O2.C9H15NO.C9H19NO.C8Cl2N2O2.C8H13NO/c1-6-7-8-9-10-11-12-13-14-15-16-17-21(25)27-20-18-22(2,3)24(26)23(4,5)19-20;1-2-3-4-5-6-7-8-9-10-11-14-27-17-18(24)15-19-20(16-23)22(26)13-12-21(19)25;1-7-17-15-9-12(10(2)3)14(16-6)8-13(15)11(4)5;1-10(2,3)8-6-7(11)4-5-9(8)12;11-10-8-2-6-1-7(4-8)5-9(10)3-6;1-8(2)6-5-7-9(3,4)10(8)11;1-11-5-6(12-2)8(14)4(10)3(9)7(5)13;10-9-7-1-5-2-8(9)4-6(5)3-7/h20,26H,6-19H2,1-5H3;12-13H,2-11,14-15,17H2,1H3;8-9H,7H2,1-6H3;4-6H,1-3H3;6-9,11H,1-5H2;11H,5-7H2,1-4H3;;5-8,10H,1-4H2. The van der Waals surface area contributed by atoms with Gasteiger partial charge in [-0.2, -0.15) is 37.3 Å². The van der Waals surface area contributed by atoms with E-state index in [2.05, 4.69) is 91.1 Å². The number of esters is 1. The van der Waals surface area contributed by atoms with Crippen LogP contribution in [0.1, 0.15) is 362 Å². The van der Waals surface area contributed by atoms with Crippen LogP contribution >= 0.6 is 35.0 Å². The van der Waals surface area contributed by atoms with Gasteiger partial charge in [-0.3, -0.25) is 28.8 Å². The number of methoxy groups -OCH3 is 1. The molecule has 0 amide bonds. The average molecular weight is 1850 g/mol. The topological polar surface area (TPSA) is 291 Å². The number of thioether (sulfide) groups is 1. The number of carbonyl (C=O) groups excluding carboxylic acids is 8. The Morgan fingerprint density at radius 1 is 0.550 bits per heavy atom. The molecule has 25 heteroatoms. The second-order valence-electron chi connectivity index (χ2n) is 40.9. The Kier molecular flexibility index (Phi) is 47.7. The van der Waals surface area contributed by atoms with Gasteiger partial charge in [0.15, 0.2) is 34.7 Å². The van der Waals surface area contributed by atoms with Crippen LogP contribution in [0.15, 0.2) is 80.7 Å². The quantitative estimate of drug-likeness (QED) is 0.0232. The monoisotopic (exact) mass is 1850 g/mol. The summed E-state index contributed by atoms with van der Waals surface area (Å²) >= 11 is 12.4. The molecule has 6 saturated heterocycles. The van der Waals surface area contributed by atoms with Crippen LogP contribution in [0.4, 0.5) is 0 Å². The van der Waals surface area contributed by atoms with Crippen LogP contribution in [0.5, 0.6) is 11.5 Å². The number of hydroxylamine groups is 8. The first-order valence-corrected chi connectivity index (χ1v) is 49.9. The van der Waals surface area contributed by atoms with E-state index in [4.69, 9.17) is 55.8 Å². The summed E-state index contributed by atoms with van der Waals surface area (Å²) in [5, 5.41) is 55.8. The summed E-state index contributed by atoms with van der Waals surface area (Å²) in [5.74, 6) is 4.01. The lowest BCUT2D eigenvalue weighted by molar-refractivity contribution is -0.259. The Labute approximate surface area is 787 Å². The molecule has 13 aliphatic rings. The van der Waals surface area contributed by atoms with Crippen molar-refractivity contribution in [1.29, 1.82) is 5.26 Å². The van der Waals surface area contributed by atoms with Crippen LogP contribution in [0, 0.1) is 53.6 Å². The maximum absolute atomic E-state index is 12.2. The molecule has 8 bridgehead atoms. The molecule has 6 heterocycles. The van der Waals surface area contributed by atoms with E-state index < -0.39 is 44.6 Å². The van der Waals surface area contributed by atoms with Gasteiger partial charge in [-0.25, -0.2) is 9.69 Å².